The van der Waals surface area contributed by atoms with Crippen LogP contribution in [0.3, 0.4) is 0 Å². The fourth-order valence-corrected chi connectivity index (χ4v) is 4.09. The number of halogens is 1. The van der Waals surface area contributed by atoms with E-state index in [-0.39, 0.29) is 41.9 Å². The van der Waals surface area contributed by atoms with Gasteiger partial charge in [0.15, 0.2) is 9.84 Å². The standard InChI is InChI=1S/C13H26N2O3S.ClH/c1-3-4-8-15(13(16)6-5-11(2)14)12-7-9-19(17,18)10-12;/h11-12H,3-10,14H2,1-2H3;1H. The van der Waals surface area contributed by atoms with Crippen molar-refractivity contribution in [2.75, 3.05) is 18.1 Å². The summed E-state index contributed by atoms with van der Waals surface area (Å²) in [6.45, 7) is 4.61. The van der Waals surface area contributed by atoms with Crippen molar-refractivity contribution in [2.24, 2.45) is 5.73 Å². The van der Waals surface area contributed by atoms with Crippen LogP contribution in [0.25, 0.3) is 0 Å². The summed E-state index contributed by atoms with van der Waals surface area (Å²) in [5.74, 6) is 0.384. The number of hydrogen-bond acceptors (Lipinski definition) is 4. The van der Waals surface area contributed by atoms with Crippen molar-refractivity contribution < 1.29 is 13.2 Å². The minimum atomic E-state index is -2.95. The van der Waals surface area contributed by atoms with Gasteiger partial charge in [0.1, 0.15) is 0 Å². The molecule has 0 radical (unpaired) electrons. The van der Waals surface area contributed by atoms with E-state index in [1.165, 1.54) is 0 Å². The molecule has 1 aliphatic rings. The highest BCUT2D eigenvalue weighted by Gasteiger charge is 2.34. The second-order valence-electron chi connectivity index (χ2n) is 5.51. The van der Waals surface area contributed by atoms with Crippen LogP contribution >= 0.6 is 12.4 Å². The normalized spacial score (nSPS) is 22.1. The fraction of sp³-hybridized carbons (Fsp3) is 0.923. The van der Waals surface area contributed by atoms with Gasteiger partial charge in [0, 0.05) is 25.0 Å². The molecule has 120 valence electrons. The summed E-state index contributed by atoms with van der Waals surface area (Å²) in [5, 5.41) is 0. The summed E-state index contributed by atoms with van der Waals surface area (Å²) in [6.07, 6.45) is 3.56. The van der Waals surface area contributed by atoms with Crippen LogP contribution < -0.4 is 5.73 Å². The van der Waals surface area contributed by atoms with Gasteiger partial charge in [0.25, 0.3) is 0 Å². The second kappa shape index (κ2) is 8.85. The highest BCUT2D eigenvalue weighted by molar-refractivity contribution is 7.91. The summed E-state index contributed by atoms with van der Waals surface area (Å²) < 4.78 is 23.1. The lowest BCUT2D eigenvalue weighted by molar-refractivity contribution is -0.133. The zero-order valence-corrected chi connectivity index (χ0v) is 14.0. The zero-order valence-electron chi connectivity index (χ0n) is 12.4. The Kier molecular flexibility index (Phi) is 8.70. The van der Waals surface area contributed by atoms with Crippen LogP contribution in [0.1, 0.15) is 46.0 Å². The van der Waals surface area contributed by atoms with Crippen molar-refractivity contribution in [3.8, 4) is 0 Å². The molecule has 0 aliphatic carbocycles. The van der Waals surface area contributed by atoms with Gasteiger partial charge in [-0.2, -0.15) is 0 Å². The van der Waals surface area contributed by atoms with Gasteiger partial charge in [-0.3, -0.25) is 4.79 Å². The molecule has 0 spiro atoms. The molecule has 2 atom stereocenters. The molecule has 1 heterocycles. The third-order valence-electron chi connectivity index (χ3n) is 3.54. The molecule has 1 amide bonds. The number of nitrogens with zero attached hydrogens (tertiary/aromatic N) is 1. The topological polar surface area (TPSA) is 80.5 Å². The SMILES string of the molecule is CCCCN(C(=O)CCC(C)N)C1CCS(=O)(=O)C1.Cl. The van der Waals surface area contributed by atoms with Gasteiger partial charge in [-0.1, -0.05) is 13.3 Å². The van der Waals surface area contributed by atoms with Crippen molar-refractivity contribution in [3.05, 3.63) is 0 Å². The van der Waals surface area contributed by atoms with Gasteiger partial charge in [-0.25, -0.2) is 8.42 Å². The predicted molar refractivity (Wildman–Crippen MR) is 83.8 cm³/mol. The summed E-state index contributed by atoms with van der Waals surface area (Å²) in [4.78, 5) is 14.0. The molecule has 5 nitrogen and oxygen atoms in total. The number of sulfone groups is 1. The Morgan fingerprint density at radius 3 is 2.55 bits per heavy atom. The van der Waals surface area contributed by atoms with Gasteiger partial charge < -0.3 is 10.6 Å². The Bertz CT molecular complexity index is 398. The van der Waals surface area contributed by atoms with Crippen molar-refractivity contribution in [3.63, 3.8) is 0 Å². The van der Waals surface area contributed by atoms with Gasteiger partial charge >= 0.3 is 0 Å². The number of amides is 1. The molecule has 20 heavy (non-hydrogen) atoms. The number of carbonyl (C=O) groups excluding carboxylic acids is 1. The number of carbonyl (C=O) groups is 1. The van der Waals surface area contributed by atoms with E-state index in [1.54, 1.807) is 4.90 Å². The smallest absolute Gasteiger partial charge is 0.222 e. The first-order valence-electron chi connectivity index (χ1n) is 7.11. The van der Waals surface area contributed by atoms with Crippen LogP contribution in [-0.2, 0) is 14.6 Å². The van der Waals surface area contributed by atoms with Gasteiger partial charge in [-0.05, 0) is 26.2 Å². The Morgan fingerprint density at radius 1 is 1.45 bits per heavy atom. The summed E-state index contributed by atoms with van der Waals surface area (Å²) in [6, 6.07) is -0.124. The quantitative estimate of drug-likeness (QED) is 0.765. The largest absolute Gasteiger partial charge is 0.339 e. The maximum absolute atomic E-state index is 12.2. The molecular formula is C13H27ClN2O3S. The van der Waals surface area contributed by atoms with E-state index in [4.69, 9.17) is 5.73 Å². The molecule has 1 aliphatic heterocycles. The average Bonchev–Trinajstić information content (AvgIpc) is 2.67. The molecule has 2 N–H and O–H groups in total. The van der Waals surface area contributed by atoms with E-state index in [9.17, 15) is 13.2 Å². The lowest BCUT2D eigenvalue weighted by atomic mass is 10.1. The van der Waals surface area contributed by atoms with Crippen LogP contribution in [0, 0.1) is 0 Å². The molecule has 0 aromatic carbocycles. The van der Waals surface area contributed by atoms with E-state index in [1.807, 2.05) is 6.92 Å². The Morgan fingerprint density at radius 2 is 2.10 bits per heavy atom. The van der Waals surface area contributed by atoms with E-state index in [2.05, 4.69) is 6.92 Å². The highest BCUT2D eigenvalue weighted by atomic mass is 35.5. The van der Waals surface area contributed by atoms with Crippen molar-refractivity contribution in [1.82, 2.24) is 4.90 Å². The summed E-state index contributed by atoms with van der Waals surface area (Å²) in [5.41, 5.74) is 5.67. The maximum Gasteiger partial charge on any atom is 0.222 e. The molecule has 0 saturated carbocycles. The molecular weight excluding hydrogens is 300 g/mol. The van der Waals surface area contributed by atoms with Crippen molar-refractivity contribution in [1.29, 1.82) is 0 Å². The first-order chi connectivity index (χ1) is 8.85. The first-order valence-corrected chi connectivity index (χ1v) is 8.93. The van der Waals surface area contributed by atoms with E-state index in [0.717, 1.165) is 12.8 Å². The van der Waals surface area contributed by atoms with Crippen LogP contribution in [0.5, 0.6) is 0 Å². The van der Waals surface area contributed by atoms with Gasteiger partial charge in [0.05, 0.1) is 11.5 Å². The lowest BCUT2D eigenvalue weighted by Gasteiger charge is -2.28. The molecule has 0 aromatic heterocycles. The molecule has 2 unspecified atom stereocenters. The molecule has 7 heteroatoms. The Balaban J connectivity index is 0.00000361. The minimum absolute atomic E-state index is 0. The molecule has 1 fully saturated rings. The minimum Gasteiger partial charge on any atom is -0.339 e. The van der Waals surface area contributed by atoms with Crippen LogP contribution in [-0.4, -0.2) is 49.4 Å². The fourth-order valence-electron chi connectivity index (χ4n) is 2.36. The van der Waals surface area contributed by atoms with Crippen LogP contribution in [0.15, 0.2) is 0 Å². The first kappa shape index (κ1) is 19.7. The maximum atomic E-state index is 12.2. The molecule has 0 bridgehead atoms. The van der Waals surface area contributed by atoms with Crippen LogP contribution in [0.4, 0.5) is 0 Å². The number of nitrogens with two attached hydrogens (primary N) is 1. The van der Waals surface area contributed by atoms with E-state index < -0.39 is 9.84 Å². The Labute approximate surface area is 128 Å². The highest BCUT2D eigenvalue weighted by Crippen LogP contribution is 2.19. The summed E-state index contributed by atoms with van der Waals surface area (Å²) >= 11 is 0. The third kappa shape index (κ3) is 6.41. The second-order valence-corrected chi connectivity index (χ2v) is 7.74. The molecule has 1 saturated heterocycles. The van der Waals surface area contributed by atoms with Crippen LogP contribution in [0.2, 0.25) is 0 Å². The monoisotopic (exact) mass is 326 g/mol. The molecule has 0 aromatic rings. The Hall–Kier alpha value is -0.330. The van der Waals surface area contributed by atoms with E-state index >= 15 is 0 Å². The predicted octanol–water partition coefficient (Wildman–Crippen LogP) is 1.35. The number of rotatable bonds is 7. The lowest BCUT2D eigenvalue weighted by Crippen LogP contribution is -2.42. The van der Waals surface area contributed by atoms with E-state index in [0.29, 0.717) is 25.8 Å². The number of unbranched alkanes of at least 4 members (excludes halogenated alkanes) is 1. The third-order valence-corrected chi connectivity index (χ3v) is 5.29. The van der Waals surface area contributed by atoms with Gasteiger partial charge in [0.2, 0.25) is 5.91 Å². The zero-order chi connectivity index (χ0) is 14.5. The number of hydrogen-bond donors (Lipinski definition) is 1. The van der Waals surface area contributed by atoms with Crippen molar-refractivity contribution in [2.45, 2.75) is 58.0 Å². The average molecular weight is 327 g/mol. The molecule has 1 rings (SSSR count). The van der Waals surface area contributed by atoms with Gasteiger partial charge in [-0.15, -0.1) is 12.4 Å². The van der Waals surface area contributed by atoms with Crippen molar-refractivity contribution >= 4 is 28.2 Å². The summed E-state index contributed by atoms with van der Waals surface area (Å²) in [7, 11) is -2.95.